The monoisotopic (exact) mass is 631 g/mol. The van der Waals surface area contributed by atoms with Crippen LogP contribution in [-0.4, -0.2) is 29.1 Å². The van der Waals surface area contributed by atoms with Crippen molar-refractivity contribution in [2.24, 2.45) is 0 Å². The maximum atomic E-state index is 2.64. The molecule has 0 spiro atoms. The largest absolute Gasteiger partial charge is 0.356 e. The van der Waals surface area contributed by atoms with E-state index in [4.69, 9.17) is 0 Å². The predicted octanol–water partition coefficient (Wildman–Crippen LogP) is 15.1. The van der Waals surface area contributed by atoms with Crippen molar-refractivity contribution in [3.63, 3.8) is 0 Å². The van der Waals surface area contributed by atoms with E-state index in [1.165, 1.54) is 238 Å². The van der Waals surface area contributed by atoms with E-state index in [-0.39, 0.29) is 0 Å². The molecule has 0 aromatic heterocycles. The molecule has 45 heavy (non-hydrogen) atoms. The van der Waals surface area contributed by atoms with Crippen LogP contribution in [0.5, 0.6) is 0 Å². The molecule has 1 aliphatic rings. The van der Waals surface area contributed by atoms with Crippen molar-refractivity contribution in [3.05, 3.63) is 12.4 Å². The third kappa shape index (κ3) is 27.0. The molecule has 0 aromatic carbocycles. The van der Waals surface area contributed by atoms with Crippen LogP contribution in [-0.2, 0) is 0 Å². The van der Waals surface area contributed by atoms with Crippen LogP contribution >= 0.6 is 0 Å². The minimum atomic E-state index is 0.618. The second kappa shape index (κ2) is 34.7. The number of nitrogens with zero attached hydrogens (tertiary/aromatic N) is 2. The van der Waals surface area contributed by atoms with Crippen LogP contribution in [0.4, 0.5) is 0 Å². The molecule has 0 saturated heterocycles. The van der Waals surface area contributed by atoms with Gasteiger partial charge in [-0.25, -0.2) is 0 Å². The lowest BCUT2D eigenvalue weighted by molar-refractivity contribution is 0.144. The summed E-state index contributed by atoms with van der Waals surface area (Å²) in [6.07, 6.45) is 56.1. The smallest absolute Gasteiger partial charge is 0.100 e. The van der Waals surface area contributed by atoms with E-state index in [9.17, 15) is 0 Å². The maximum Gasteiger partial charge on any atom is 0.100 e. The van der Waals surface area contributed by atoms with Crippen LogP contribution in [0.2, 0.25) is 0 Å². The molecule has 268 valence electrons. The Labute approximate surface area is 286 Å². The minimum absolute atomic E-state index is 0.618. The molecule has 2 nitrogen and oxygen atoms in total. The zero-order valence-electron chi connectivity index (χ0n) is 31.8. The number of hydrogen-bond donors (Lipinski definition) is 0. The SMILES string of the molecule is CCCCCCCCCCCCCCCCCCCN1C=CN(CCCCCCCCCCCCCCCCCCC)C1CC. The van der Waals surface area contributed by atoms with Crippen LogP contribution in [0.15, 0.2) is 12.4 Å². The standard InChI is InChI=1S/C43H86N2/c1-4-7-9-11-13-15-17-19-21-23-25-27-29-31-33-35-37-39-44-41-42-45(43(44)6-3)40-38-36-34-32-30-28-26-24-22-20-18-16-14-12-10-8-5-2/h41-43H,4-40H2,1-3H3. The zero-order valence-corrected chi connectivity index (χ0v) is 31.8. The molecular weight excluding hydrogens is 544 g/mol. The Morgan fingerprint density at radius 3 is 0.689 bits per heavy atom. The molecule has 0 radical (unpaired) electrons. The molecule has 0 aromatic rings. The van der Waals surface area contributed by atoms with Gasteiger partial charge in [-0.2, -0.15) is 0 Å². The average molecular weight is 631 g/mol. The number of hydrogen-bond acceptors (Lipinski definition) is 2. The van der Waals surface area contributed by atoms with Crippen LogP contribution in [0.1, 0.15) is 245 Å². The summed E-state index contributed by atoms with van der Waals surface area (Å²) in [5, 5.41) is 0. The van der Waals surface area contributed by atoms with Gasteiger partial charge in [-0.1, -0.05) is 226 Å². The van der Waals surface area contributed by atoms with Crippen molar-refractivity contribution in [1.29, 1.82) is 0 Å². The molecule has 0 saturated carbocycles. The Kier molecular flexibility index (Phi) is 32.6. The van der Waals surface area contributed by atoms with Gasteiger partial charge in [0.05, 0.1) is 0 Å². The van der Waals surface area contributed by atoms with E-state index in [2.05, 4.69) is 43.0 Å². The van der Waals surface area contributed by atoms with Gasteiger partial charge in [-0.15, -0.1) is 0 Å². The summed E-state index contributed by atoms with van der Waals surface area (Å²) in [6, 6.07) is 0. The maximum absolute atomic E-state index is 2.64. The van der Waals surface area contributed by atoms with Gasteiger partial charge in [0, 0.05) is 25.5 Å². The topological polar surface area (TPSA) is 6.48 Å². The van der Waals surface area contributed by atoms with E-state index >= 15 is 0 Å². The summed E-state index contributed by atoms with van der Waals surface area (Å²) in [5.41, 5.74) is 0. The minimum Gasteiger partial charge on any atom is -0.356 e. The van der Waals surface area contributed by atoms with Crippen LogP contribution in [0.25, 0.3) is 0 Å². The molecule has 0 unspecified atom stereocenters. The van der Waals surface area contributed by atoms with Crippen molar-refractivity contribution >= 4 is 0 Å². The van der Waals surface area contributed by atoms with Gasteiger partial charge in [-0.3, -0.25) is 0 Å². The first-order valence-corrected chi connectivity index (χ1v) is 21.5. The number of rotatable bonds is 37. The molecule has 0 bridgehead atoms. The fourth-order valence-electron chi connectivity index (χ4n) is 7.52. The Bertz CT molecular complexity index is 538. The lowest BCUT2D eigenvalue weighted by Gasteiger charge is -2.32. The van der Waals surface area contributed by atoms with Crippen molar-refractivity contribution in [2.75, 3.05) is 13.1 Å². The highest BCUT2D eigenvalue weighted by Gasteiger charge is 2.23. The van der Waals surface area contributed by atoms with Crippen molar-refractivity contribution in [3.8, 4) is 0 Å². The van der Waals surface area contributed by atoms with E-state index in [1.54, 1.807) is 0 Å². The summed E-state index contributed by atoms with van der Waals surface area (Å²) in [4.78, 5) is 5.28. The average Bonchev–Trinajstić information content (AvgIpc) is 3.45. The van der Waals surface area contributed by atoms with Crippen molar-refractivity contribution in [2.45, 2.75) is 252 Å². The highest BCUT2D eigenvalue weighted by Crippen LogP contribution is 2.22. The Morgan fingerprint density at radius 2 is 0.489 bits per heavy atom. The summed E-state index contributed by atoms with van der Waals surface area (Å²) in [6.45, 7) is 9.50. The molecule has 0 aliphatic carbocycles. The molecule has 1 heterocycles. The van der Waals surface area contributed by atoms with E-state index in [0.717, 1.165) is 0 Å². The highest BCUT2D eigenvalue weighted by molar-refractivity contribution is 4.96. The summed E-state index contributed by atoms with van der Waals surface area (Å²) < 4.78 is 0. The van der Waals surface area contributed by atoms with E-state index in [0.29, 0.717) is 6.17 Å². The van der Waals surface area contributed by atoms with Crippen LogP contribution in [0.3, 0.4) is 0 Å². The summed E-state index contributed by atoms with van der Waals surface area (Å²) in [5.74, 6) is 0. The normalized spacial score (nSPS) is 13.6. The first kappa shape index (κ1) is 42.4. The van der Waals surface area contributed by atoms with Gasteiger partial charge in [-0.05, 0) is 19.3 Å². The molecule has 1 rings (SSSR count). The highest BCUT2D eigenvalue weighted by atomic mass is 15.4. The molecule has 2 heteroatoms. The van der Waals surface area contributed by atoms with Crippen LogP contribution in [0, 0.1) is 0 Å². The third-order valence-electron chi connectivity index (χ3n) is 10.6. The fraction of sp³-hybridized carbons (Fsp3) is 0.953. The van der Waals surface area contributed by atoms with Crippen molar-refractivity contribution < 1.29 is 0 Å². The predicted molar refractivity (Wildman–Crippen MR) is 205 cm³/mol. The summed E-state index contributed by atoms with van der Waals surface area (Å²) >= 11 is 0. The van der Waals surface area contributed by atoms with Crippen molar-refractivity contribution in [1.82, 2.24) is 9.80 Å². The van der Waals surface area contributed by atoms with Gasteiger partial charge in [0.25, 0.3) is 0 Å². The van der Waals surface area contributed by atoms with Gasteiger partial charge >= 0.3 is 0 Å². The lowest BCUT2D eigenvalue weighted by Crippen LogP contribution is -2.38. The van der Waals surface area contributed by atoms with E-state index < -0.39 is 0 Å². The van der Waals surface area contributed by atoms with Gasteiger partial charge in [0.1, 0.15) is 6.17 Å². The second-order valence-electron chi connectivity index (χ2n) is 15.0. The lowest BCUT2D eigenvalue weighted by atomic mass is 10.0. The van der Waals surface area contributed by atoms with Gasteiger partial charge < -0.3 is 9.80 Å². The second-order valence-corrected chi connectivity index (χ2v) is 15.0. The molecule has 0 N–H and O–H groups in total. The molecule has 0 atom stereocenters. The summed E-state index contributed by atoms with van der Waals surface area (Å²) in [7, 11) is 0. The molecule has 0 amide bonds. The quantitative estimate of drug-likeness (QED) is 0.0630. The number of unbranched alkanes of at least 4 members (excludes halogenated alkanes) is 32. The zero-order chi connectivity index (χ0) is 32.3. The fourth-order valence-corrected chi connectivity index (χ4v) is 7.52. The Balaban J connectivity index is 1.84. The first-order chi connectivity index (χ1) is 22.3. The first-order valence-electron chi connectivity index (χ1n) is 21.5. The third-order valence-corrected chi connectivity index (χ3v) is 10.6. The Hall–Kier alpha value is -0.660. The Morgan fingerprint density at radius 1 is 0.289 bits per heavy atom. The molecule has 1 aliphatic heterocycles. The van der Waals surface area contributed by atoms with Gasteiger partial charge in [0.15, 0.2) is 0 Å². The van der Waals surface area contributed by atoms with Crippen LogP contribution < -0.4 is 0 Å². The molecular formula is C43H86N2. The molecule has 0 fully saturated rings. The van der Waals surface area contributed by atoms with Gasteiger partial charge in [0.2, 0.25) is 0 Å². The van der Waals surface area contributed by atoms with E-state index in [1.807, 2.05) is 0 Å².